The lowest BCUT2D eigenvalue weighted by atomic mass is 9.96. The van der Waals surface area contributed by atoms with Gasteiger partial charge in [-0.3, -0.25) is 14.7 Å². The predicted octanol–water partition coefficient (Wildman–Crippen LogP) is 1.36. The Labute approximate surface area is 132 Å². The maximum absolute atomic E-state index is 12.4. The van der Waals surface area contributed by atoms with Crippen molar-refractivity contribution in [3.63, 3.8) is 0 Å². The minimum Gasteiger partial charge on any atom is -0.384 e. The Kier molecular flexibility index (Phi) is 4.74. The Morgan fingerprint density at radius 2 is 2.23 bits per heavy atom. The molecule has 2 atom stereocenters. The molecule has 120 valence electrons. The van der Waals surface area contributed by atoms with E-state index in [4.69, 9.17) is 4.74 Å². The fraction of sp³-hybridized carbons (Fsp3) is 0.647. The number of hydrogen-bond donors (Lipinski definition) is 1. The number of amides is 1. The molecule has 0 spiro atoms. The van der Waals surface area contributed by atoms with E-state index in [0.717, 1.165) is 38.2 Å². The highest BCUT2D eigenvalue weighted by Gasteiger charge is 2.39. The molecule has 1 aliphatic heterocycles. The van der Waals surface area contributed by atoms with Crippen molar-refractivity contribution >= 4 is 5.91 Å². The van der Waals surface area contributed by atoms with E-state index < -0.39 is 0 Å². The van der Waals surface area contributed by atoms with Crippen molar-refractivity contribution in [3.05, 3.63) is 29.6 Å². The van der Waals surface area contributed by atoms with Crippen molar-refractivity contribution in [3.8, 4) is 0 Å². The van der Waals surface area contributed by atoms with E-state index in [1.54, 1.807) is 7.11 Å². The molecule has 2 fully saturated rings. The SMILES string of the molecule is COC[C@@H]1CN(Cc2ccc(C)cn2)C[C@H]1C(=O)NC1CC1. The van der Waals surface area contributed by atoms with E-state index in [0.29, 0.717) is 12.6 Å². The molecule has 1 saturated carbocycles. The molecule has 5 heteroatoms. The Morgan fingerprint density at radius 3 is 2.86 bits per heavy atom. The molecule has 1 aliphatic carbocycles. The number of methoxy groups -OCH3 is 1. The molecule has 1 amide bonds. The van der Waals surface area contributed by atoms with Gasteiger partial charge in [0.05, 0.1) is 18.2 Å². The Morgan fingerprint density at radius 1 is 1.41 bits per heavy atom. The molecule has 0 bridgehead atoms. The molecule has 0 unspecified atom stereocenters. The summed E-state index contributed by atoms with van der Waals surface area (Å²) in [6, 6.07) is 4.57. The average Bonchev–Trinajstić information content (AvgIpc) is 3.22. The molecular weight excluding hydrogens is 278 g/mol. The summed E-state index contributed by atoms with van der Waals surface area (Å²) in [7, 11) is 1.71. The monoisotopic (exact) mass is 303 g/mol. The zero-order valence-electron chi connectivity index (χ0n) is 13.4. The van der Waals surface area contributed by atoms with Crippen LogP contribution in [0, 0.1) is 18.8 Å². The summed E-state index contributed by atoms with van der Waals surface area (Å²) in [4.78, 5) is 19.2. The number of nitrogens with zero attached hydrogens (tertiary/aromatic N) is 2. The van der Waals surface area contributed by atoms with Gasteiger partial charge in [0.25, 0.3) is 0 Å². The first-order chi connectivity index (χ1) is 10.7. The number of carbonyl (C=O) groups excluding carboxylic acids is 1. The molecule has 0 aromatic carbocycles. The van der Waals surface area contributed by atoms with Gasteiger partial charge < -0.3 is 10.1 Å². The number of likely N-dealkylation sites (tertiary alicyclic amines) is 1. The normalized spacial score (nSPS) is 25.4. The van der Waals surface area contributed by atoms with Gasteiger partial charge in [-0.25, -0.2) is 0 Å². The van der Waals surface area contributed by atoms with Crippen LogP contribution < -0.4 is 5.32 Å². The lowest BCUT2D eigenvalue weighted by Crippen LogP contribution is -2.37. The smallest absolute Gasteiger partial charge is 0.225 e. The van der Waals surface area contributed by atoms with E-state index >= 15 is 0 Å². The second-order valence-corrected chi connectivity index (χ2v) is 6.63. The fourth-order valence-corrected chi connectivity index (χ4v) is 3.13. The summed E-state index contributed by atoms with van der Waals surface area (Å²) >= 11 is 0. The fourth-order valence-electron chi connectivity index (χ4n) is 3.13. The molecule has 1 saturated heterocycles. The Hall–Kier alpha value is -1.46. The summed E-state index contributed by atoms with van der Waals surface area (Å²) in [6.45, 7) is 5.17. The second-order valence-electron chi connectivity index (χ2n) is 6.63. The third-order valence-corrected chi connectivity index (χ3v) is 4.52. The van der Waals surface area contributed by atoms with Gasteiger partial charge in [0.1, 0.15) is 0 Å². The van der Waals surface area contributed by atoms with Crippen molar-refractivity contribution in [2.45, 2.75) is 32.4 Å². The number of aryl methyl sites for hydroxylation is 1. The van der Waals surface area contributed by atoms with E-state index in [1.165, 1.54) is 5.56 Å². The minimum absolute atomic E-state index is 0.0333. The molecule has 2 aliphatic rings. The summed E-state index contributed by atoms with van der Waals surface area (Å²) in [5.41, 5.74) is 2.23. The largest absolute Gasteiger partial charge is 0.384 e. The first-order valence-electron chi connectivity index (χ1n) is 8.09. The van der Waals surface area contributed by atoms with Crippen LogP contribution in [0.15, 0.2) is 18.3 Å². The summed E-state index contributed by atoms with van der Waals surface area (Å²) in [5.74, 6) is 0.504. The standard InChI is InChI=1S/C17H25N3O2/c1-12-3-4-15(18-7-12)9-20-8-13(11-22-2)16(10-20)17(21)19-14-5-6-14/h3-4,7,13-14,16H,5-6,8-11H2,1-2H3,(H,19,21)/t13-,16+/m0/s1. The molecule has 1 aromatic rings. The summed E-state index contributed by atoms with van der Waals surface area (Å²) in [5, 5.41) is 3.14. The molecule has 1 N–H and O–H groups in total. The number of aromatic nitrogens is 1. The number of rotatable bonds is 6. The van der Waals surface area contributed by atoms with Crippen LogP contribution in [-0.2, 0) is 16.1 Å². The lowest BCUT2D eigenvalue weighted by molar-refractivity contribution is -0.126. The minimum atomic E-state index is 0.0333. The first kappa shape index (κ1) is 15.4. The third-order valence-electron chi connectivity index (χ3n) is 4.52. The summed E-state index contributed by atoms with van der Waals surface area (Å²) < 4.78 is 5.32. The number of pyridine rings is 1. The van der Waals surface area contributed by atoms with Gasteiger partial charge in [-0.15, -0.1) is 0 Å². The van der Waals surface area contributed by atoms with Crippen molar-refractivity contribution in [1.29, 1.82) is 0 Å². The number of ether oxygens (including phenoxy) is 1. The molecule has 3 rings (SSSR count). The molecule has 1 aromatic heterocycles. The van der Waals surface area contributed by atoms with Crippen molar-refractivity contribution < 1.29 is 9.53 Å². The number of carbonyl (C=O) groups is 1. The van der Waals surface area contributed by atoms with Crippen molar-refractivity contribution in [2.75, 3.05) is 26.8 Å². The molecule has 22 heavy (non-hydrogen) atoms. The number of nitrogens with one attached hydrogen (secondary N) is 1. The summed E-state index contributed by atoms with van der Waals surface area (Å²) in [6.07, 6.45) is 4.16. The quantitative estimate of drug-likeness (QED) is 0.862. The molecule has 0 radical (unpaired) electrons. The topological polar surface area (TPSA) is 54.5 Å². The molecule has 2 heterocycles. The lowest BCUT2D eigenvalue weighted by Gasteiger charge is -2.16. The van der Waals surface area contributed by atoms with Crippen LogP contribution in [0.5, 0.6) is 0 Å². The van der Waals surface area contributed by atoms with Crippen LogP contribution in [0.3, 0.4) is 0 Å². The van der Waals surface area contributed by atoms with E-state index in [1.807, 2.05) is 13.1 Å². The highest BCUT2D eigenvalue weighted by atomic mass is 16.5. The van der Waals surface area contributed by atoms with Crippen LogP contribution in [0.2, 0.25) is 0 Å². The van der Waals surface area contributed by atoms with E-state index in [-0.39, 0.29) is 17.7 Å². The van der Waals surface area contributed by atoms with Gasteiger partial charge in [-0.05, 0) is 31.4 Å². The van der Waals surface area contributed by atoms with Crippen molar-refractivity contribution in [2.24, 2.45) is 11.8 Å². The van der Waals surface area contributed by atoms with Crippen LogP contribution >= 0.6 is 0 Å². The predicted molar refractivity (Wildman–Crippen MR) is 84.3 cm³/mol. The molecular formula is C17H25N3O2. The van der Waals surface area contributed by atoms with Gasteiger partial charge in [-0.1, -0.05) is 6.07 Å². The van der Waals surface area contributed by atoms with Crippen LogP contribution in [0.1, 0.15) is 24.1 Å². The Bertz CT molecular complexity index is 513. The van der Waals surface area contributed by atoms with Crippen LogP contribution in [-0.4, -0.2) is 48.6 Å². The average molecular weight is 303 g/mol. The van der Waals surface area contributed by atoms with Crippen molar-refractivity contribution in [1.82, 2.24) is 15.2 Å². The van der Waals surface area contributed by atoms with Gasteiger partial charge >= 0.3 is 0 Å². The maximum atomic E-state index is 12.4. The zero-order valence-corrected chi connectivity index (χ0v) is 13.4. The Balaban J connectivity index is 1.61. The van der Waals surface area contributed by atoms with Crippen LogP contribution in [0.4, 0.5) is 0 Å². The highest BCUT2D eigenvalue weighted by Crippen LogP contribution is 2.27. The highest BCUT2D eigenvalue weighted by molar-refractivity contribution is 5.80. The van der Waals surface area contributed by atoms with Crippen LogP contribution in [0.25, 0.3) is 0 Å². The van der Waals surface area contributed by atoms with Gasteiger partial charge in [0, 0.05) is 44.9 Å². The zero-order chi connectivity index (χ0) is 15.5. The number of hydrogen-bond acceptors (Lipinski definition) is 4. The van der Waals surface area contributed by atoms with Gasteiger partial charge in [-0.2, -0.15) is 0 Å². The third kappa shape index (κ3) is 3.84. The van der Waals surface area contributed by atoms with Gasteiger partial charge in [0.2, 0.25) is 5.91 Å². The van der Waals surface area contributed by atoms with Gasteiger partial charge in [0.15, 0.2) is 0 Å². The molecule has 5 nitrogen and oxygen atoms in total. The first-order valence-corrected chi connectivity index (χ1v) is 8.09. The van der Waals surface area contributed by atoms with E-state index in [9.17, 15) is 4.79 Å². The maximum Gasteiger partial charge on any atom is 0.225 e. The second kappa shape index (κ2) is 6.75. The van der Waals surface area contributed by atoms with E-state index in [2.05, 4.69) is 27.3 Å².